The first kappa shape index (κ1) is 33.6. The van der Waals surface area contributed by atoms with E-state index in [1.165, 1.54) is 4.90 Å². The summed E-state index contributed by atoms with van der Waals surface area (Å²) in [6.07, 6.45) is 5.30. The lowest BCUT2D eigenvalue weighted by molar-refractivity contribution is -0.149. The Labute approximate surface area is 287 Å². The lowest BCUT2D eigenvalue weighted by atomic mass is 9.98. The van der Waals surface area contributed by atoms with Crippen LogP contribution in [0.25, 0.3) is 11.3 Å². The number of fused-ring (bicyclic) bond motifs is 3. The van der Waals surface area contributed by atoms with Gasteiger partial charge in [-0.05, 0) is 99.4 Å². The topological polar surface area (TPSA) is 132 Å². The molecule has 2 amide bonds. The minimum atomic E-state index is -0.768. The zero-order chi connectivity index (χ0) is 34.4. The van der Waals surface area contributed by atoms with Gasteiger partial charge in [-0.3, -0.25) is 23.7 Å². The van der Waals surface area contributed by atoms with Gasteiger partial charge in [0, 0.05) is 39.8 Å². The largest absolute Gasteiger partial charge is 0.443 e. The number of aromatic nitrogens is 3. The number of nitrogens with zero attached hydrogens (tertiary/aromatic N) is 5. The molecule has 1 aliphatic heterocycles. The van der Waals surface area contributed by atoms with Crippen molar-refractivity contribution in [2.75, 3.05) is 13.8 Å². The van der Waals surface area contributed by atoms with Gasteiger partial charge in [0.05, 0.1) is 24.1 Å². The predicted octanol–water partition coefficient (Wildman–Crippen LogP) is 4.65. The molecule has 48 heavy (non-hydrogen) atoms. The highest BCUT2D eigenvalue weighted by Crippen LogP contribution is 2.35. The fraction of sp³-hybridized carbons (Fsp3) is 0.417. The number of aryl methyl sites for hydroxylation is 1. The molecule has 12 heteroatoms. The van der Waals surface area contributed by atoms with Crippen molar-refractivity contribution < 1.29 is 19.1 Å². The Bertz CT molecular complexity index is 1960. The first-order chi connectivity index (χ1) is 22.8. The first-order valence-electron chi connectivity index (χ1n) is 16.3. The van der Waals surface area contributed by atoms with Crippen LogP contribution in [0.4, 0.5) is 0 Å². The van der Waals surface area contributed by atoms with Crippen molar-refractivity contribution >= 4 is 39.4 Å². The molecule has 252 valence electrons. The molecule has 6 rings (SSSR count). The Hall–Kier alpha value is -4.29. The second-order valence-corrected chi connectivity index (χ2v) is 14.3. The van der Waals surface area contributed by atoms with Crippen LogP contribution in [-0.2, 0) is 28.9 Å². The number of halogens is 1. The Morgan fingerprint density at radius 2 is 1.79 bits per heavy atom. The van der Waals surface area contributed by atoms with Crippen molar-refractivity contribution in [1.82, 2.24) is 24.0 Å². The smallest absolute Gasteiger partial charge is 0.324 e. The minimum Gasteiger partial charge on any atom is -0.443 e. The second kappa shape index (κ2) is 13.3. The van der Waals surface area contributed by atoms with E-state index in [4.69, 9.17) is 15.6 Å². The molecule has 0 radical (unpaired) electrons. The van der Waals surface area contributed by atoms with Crippen LogP contribution in [0.5, 0.6) is 0 Å². The number of hydrogen-bond donors (Lipinski definition) is 1. The molecule has 11 nitrogen and oxygen atoms in total. The summed E-state index contributed by atoms with van der Waals surface area (Å²) < 4.78 is 9.71. The molecule has 0 bridgehead atoms. The second-order valence-electron chi connectivity index (χ2n) is 13.5. The van der Waals surface area contributed by atoms with E-state index in [0.717, 1.165) is 34.9 Å². The molecule has 4 aromatic rings. The highest BCUT2D eigenvalue weighted by Gasteiger charge is 2.34. The zero-order valence-electron chi connectivity index (χ0n) is 27.9. The van der Waals surface area contributed by atoms with Crippen LogP contribution < -0.4 is 11.3 Å². The van der Waals surface area contributed by atoms with Gasteiger partial charge in [0.15, 0.2) is 6.73 Å². The van der Waals surface area contributed by atoms with E-state index in [9.17, 15) is 19.2 Å². The molecule has 2 aliphatic rings. The highest BCUT2D eigenvalue weighted by molar-refractivity contribution is 9.10. The van der Waals surface area contributed by atoms with Crippen LogP contribution in [0.15, 0.2) is 57.9 Å². The van der Waals surface area contributed by atoms with E-state index < -0.39 is 12.0 Å². The molecule has 2 N–H and O–H groups in total. The summed E-state index contributed by atoms with van der Waals surface area (Å²) in [6, 6.07) is 11.4. The lowest BCUT2D eigenvalue weighted by Gasteiger charge is -2.35. The summed E-state index contributed by atoms with van der Waals surface area (Å²) in [4.78, 5) is 56.6. The Kier molecular flexibility index (Phi) is 9.32. The maximum absolute atomic E-state index is 14.4. The molecule has 2 aromatic carbocycles. The van der Waals surface area contributed by atoms with E-state index in [1.54, 1.807) is 35.9 Å². The molecule has 3 heterocycles. The summed E-state index contributed by atoms with van der Waals surface area (Å²) >= 11 is 3.52. The Morgan fingerprint density at radius 1 is 1.10 bits per heavy atom. The number of esters is 1. The molecule has 1 saturated carbocycles. The maximum Gasteiger partial charge on any atom is 0.324 e. The van der Waals surface area contributed by atoms with Gasteiger partial charge in [0.1, 0.15) is 11.7 Å². The van der Waals surface area contributed by atoms with Crippen molar-refractivity contribution in [2.24, 2.45) is 17.6 Å². The summed E-state index contributed by atoms with van der Waals surface area (Å²) in [5, 5.41) is 4.79. The molecular weight excluding hydrogens is 676 g/mol. The third kappa shape index (κ3) is 6.43. The van der Waals surface area contributed by atoms with Gasteiger partial charge >= 0.3 is 5.97 Å². The van der Waals surface area contributed by atoms with E-state index in [0.29, 0.717) is 46.1 Å². The van der Waals surface area contributed by atoms with Gasteiger partial charge in [-0.15, -0.1) is 0 Å². The Balaban J connectivity index is 1.33. The standard InChI is InChI=1S/C36H41BrN6O5/c1-20(2)31(38)36(47)48-19-40(5)33(44)24-8-11-27(12-9-24)42-32-26(16-23-6-7-23)17-39-43(32)30-18-41(22(4)15-28(30)35(42)46)34(45)25-10-13-29(37)21(3)14-25/h8-14,17,20,22-23,31H,6-7,15-16,18-19,38H2,1-5H3/t22-,31-/m0/s1. The quantitative estimate of drug-likeness (QED) is 0.197. The summed E-state index contributed by atoms with van der Waals surface area (Å²) in [5.74, 6) is -0.529. The summed E-state index contributed by atoms with van der Waals surface area (Å²) in [6.45, 7) is 7.59. The van der Waals surface area contributed by atoms with Crippen LogP contribution in [0.1, 0.15) is 76.7 Å². The van der Waals surface area contributed by atoms with E-state index in [2.05, 4.69) is 15.9 Å². The van der Waals surface area contributed by atoms with Crippen LogP contribution in [0.3, 0.4) is 0 Å². The third-order valence-corrected chi connectivity index (χ3v) is 10.3. The number of carbonyl (C=O) groups is 3. The summed E-state index contributed by atoms with van der Waals surface area (Å²) in [7, 11) is 1.55. The van der Waals surface area contributed by atoms with Crippen LogP contribution in [0, 0.1) is 18.8 Å². The first-order valence-corrected chi connectivity index (χ1v) is 17.1. The van der Waals surface area contributed by atoms with E-state index >= 15 is 0 Å². The zero-order valence-corrected chi connectivity index (χ0v) is 29.5. The number of nitrogens with two attached hydrogens (primary N) is 1. The molecule has 2 aromatic heterocycles. The summed E-state index contributed by atoms with van der Waals surface area (Å²) in [5.41, 5.74) is 11.3. The third-order valence-electron chi connectivity index (χ3n) is 9.43. The van der Waals surface area contributed by atoms with Crippen LogP contribution in [-0.4, -0.2) is 67.6 Å². The molecule has 0 unspecified atom stereocenters. The molecule has 2 atom stereocenters. The number of carbonyl (C=O) groups excluding carboxylic acids is 3. The van der Waals surface area contributed by atoms with Crippen molar-refractivity contribution in [3.63, 3.8) is 0 Å². The maximum atomic E-state index is 14.4. The van der Waals surface area contributed by atoms with Gasteiger partial charge < -0.3 is 20.3 Å². The van der Waals surface area contributed by atoms with Crippen molar-refractivity contribution in [2.45, 2.75) is 72.0 Å². The molecule has 1 aliphatic carbocycles. The van der Waals surface area contributed by atoms with Gasteiger partial charge in [0.2, 0.25) is 0 Å². The minimum absolute atomic E-state index is 0.0868. The number of amides is 2. The normalized spacial score (nSPS) is 16.6. The fourth-order valence-corrected chi connectivity index (χ4v) is 6.42. The lowest BCUT2D eigenvalue weighted by Crippen LogP contribution is -2.46. The molecule has 0 spiro atoms. The van der Waals surface area contributed by atoms with Crippen molar-refractivity contribution in [3.05, 3.63) is 97.0 Å². The predicted molar refractivity (Wildman–Crippen MR) is 185 cm³/mol. The molecule has 1 fully saturated rings. The molecular formula is C36H41BrN6O5. The van der Waals surface area contributed by atoms with Crippen molar-refractivity contribution in [1.29, 1.82) is 0 Å². The average Bonchev–Trinajstić information content (AvgIpc) is 3.81. The van der Waals surface area contributed by atoms with Gasteiger partial charge in [0.25, 0.3) is 17.4 Å². The number of hydrogen-bond acceptors (Lipinski definition) is 7. The van der Waals surface area contributed by atoms with Gasteiger partial charge in [-0.25, -0.2) is 4.52 Å². The fourth-order valence-electron chi connectivity index (χ4n) is 6.18. The van der Waals surface area contributed by atoms with Gasteiger partial charge in [-0.1, -0.05) is 29.8 Å². The number of rotatable bonds is 9. The van der Waals surface area contributed by atoms with E-state index in [-0.39, 0.29) is 42.6 Å². The monoisotopic (exact) mass is 716 g/mol. The Morgan fingerprint density at radius 3 is 2.44 bits per heavy atom. The van der Waals surface area contributed by atoms with E-state index in [1.807, 2.05) is 61.5 Å². The van der Waals surface area contributed by atoms with Gasteiger partial charge in [-0.2, -0.15) is 5.10 Å². The number of ether oxygens (including phenoxy) is 1. The van der Waals surface area contributed by atoms with Crippen LogP contribution >= 0.6 is 15.9 Å². The van der Waals surface area contributed by atoms with Crippen LogP contribution in [0.2, 0.25) is 0 Å². The SMILES string of the molecule is Cc1cc(C(=O)N2Cc3c(c(=O)n(-c4ccc(C(=O)N(C)COC(=O)[C@@H](N)C(C)C)cc4)c4c(CC5CC5)cnn34)C[C@@H]2C)ccc1Br. The van der Waals surface area contributed by atoms with Crippen molar-refractivity contribution in [3.8, 4) is 5.69 Å². The molecule has 0 saturated heterocycles. The highest BCUT2D eigenvalue weighted by atomic mass is 79.9. The average molecular weight is 718 g/mol. The number of benzene rings is 2.